The average Bonchev–Trinajstić information content (AvgIpc) is 2.34. The Morgan fingerprint density at radius 2 is 2.00 bits per heavy atom. The molecule has 1 saturated carbocycles. The molecule has 0 aliphatic heterocycles. The van der Waals surface area contributed by atoms with Crippen LogP contribution < -0.4 is 10.6 Å². The summed E-state index contributed by atoms with van der Waals surface area (Å²) in [6.45, 7) is 5.08. The zero-order valence-corrected chi connectivity index (χ0v) is 11.4. The van der Waals surface area contributed by atoms with Crippen molar-refractivity contribution in [3.63, 3.8) is 0 Å². The molecule has 1 heterocycles. The number of methoxy groups -OCH3 is 1. The molecule has 2 N–H and O–H groups in total. The van der Waals surface area contributed by atoms with Crippen molar-refractivity contribution in [3.8, 4) is 0 Å². The molecule has 1 aliphatic rings. The maximum atomic E-state index is 5.29. The highest BCUT2D eigenvalue weighted by Gasteiger charge is 2.29. The Morgan fingerprint density at radius 1 is 1.28 bits per heavy atom. The molecule has 2 rings (SSSR count). The lowest BCUT2D eigenvalue weighted by Crippen LogP contribution is -2.40. The van der Waals surface area contributed by atoms with Gasteiger partial charge >= 0.3 is 0 Å². The van der Waals surface area contributed by atoms with Crippen molar-refractivity contribution in [2.45, 2.75) is 45.3 Å². The van der Waals surface area contributed by atoms with Crippen LogP contribution in [0.5, 0.6) is 0 Å². The average molecular weight is 250 g/mol. The van der Waals surface area contributed by atoms with Crippen molar-refractivity contribution in [3.05, 3.63) is 11.9 Å². The summed E-state index contributed by atoms with van der Waals surface area (Å²) < 4.78 is 5.29. The lowest BCUT2D eigenvalue weighted by atomic mass is 9.89. The highest BCUT2D eigenvalue weighted by Crippen LogP contribution is 2.28. The summed E-state index contributed by atoms with van der Waals surface area (Å²) in [7, 11) is 1.77. The fourth-order valence-corrected chi connectivity index (χ4v) is 2.26. The molecular formula is C13H22N4O. The van der Waals surface area contributed by atoms with Gasteiger partial charge in [0.2, 0.25) is 0 Å². The lowest BCUT2D eigenvalue weighted by Gasteiger charge is -2.35. The predicted molar refractivity (Wildman–Crippen MR) is 73.0 cm³/mol. The van der Waals surface area contributed by atoms with Gasteiger partial charge in [-0.1, -0.05) is 6.92 Å². The van der Waals surface area contributed by atoms with Gasteiger partial charge in [-0.05, 0) is 26.2 Å². The van der Waals surface area contributed by atoms with Crippen LogP contribution in [0.4, 0.5) is 11.6 Å². The Bertz CT molecular complexity index is 391. The van der Waals surface area contributed by atoms with Gasteiger partial charge < -0.3 is 15.4 Å². The molecule has 0 bridgehead atoms. The SMILES string of the molecule is CCNc1ncnc(NC2CC(OC)C2)c1CC. The maximum Gasteiger partial charge on any atom is 0.134 e. The first-order valence-electron chi connectivity index (χ1n) is 6.65. The summed E-state index contributed by atoms with van der Waals surface area (Å²) in [5, 5.41) is 6.77. The molecule has 0 amide bonds. The van der Waals surface area contributed by atoms with E-state index < -0.39 is 0 Å². The second kappa shape index (κ2) is 6.00. The Balaban J connectivity index is 2.05. The monoisotopic (exact) mass is 250 g/mol. The first kappa shape index (κ1) is 13.1. The van der Waals surface area contributed by atoms with Gasteiger partial charge in [-0.2, -0.15) is 0 Å². The first-order chi connectivity index (χ1) is 8.78. The topological polar surface area (TPSA) is 59.1 Å². The van der Waals surface area contributed by atoms with Gasteiger partial charge in [-0.25, -0.2) is 9.97 Å². The Labute approximate surface area is 108 Å². The fraction of sp³-hybridized carbons (Fsp3) is 0.692. The number of nitrogens with zero attached hydrogens (tertiary/aromatic N) is 2. The molecule has 1 aliphatic carbocycles. The Kier molecular flexibility index (Phi) is 4.36. The summed E-state index contributed by atoms with van der Waals surface area (Å²) in [4.78, 5) is 8.66. The van der Waals surface area contributed by atoms with Crippen LogP contribution in [0.15, 0.2) is 6.33 Å². The van der Waals surface area contributed by atoms with Crippen molar-refractivity contribution in [1.82, 2.24) is 9.97 Å². The van der Waals surface area contributed by atoms with E-state index in [1.54, 1.807) is 13.4 Å². The summed E-state index contributed by atoms with van der Waals surface area (Å²) in [5.41, 5.74) is 1.17. The molecule has 5 nitrogen and oxygen atoms in total. The largest absolute Gasteiger partial charge is 0.381 e. The van der Waals surface area contributed by atoms with Crippen LogP contribution in [0.25, 0.3) is 0 Å². The van der Waals surface area contributed by atoms with Gasteiger partial charge in [0.15, 0.2) is 0 Å². The van der Waals surface area contributed by atoms with E-state index >= 15 is 0 Å². The van der Waals surface area contributed by atoms with E-state index in [1.165, 1.54) is 5.56 Å². The summed E-state index contributed by atoms with van der Waals surface area (Å²) >= 11 is 0. The van der Waals surface area contributed by atoms with Crippen molar-refractivity contribution in [2.24, 2.45) is 0 Å². The zero-order chi connectivity index (χ0) is 13.0. The van der Waals surface area contributed by atoms with Crippen LogP contribution in [0.1, 0.15) is 32.3 Å². The predicted octanol–water partition coefficient (Wildman–Crippen LogP) is 2.06. The minimum atomic E-state index is 0.405. The number of ether oxygens (including phenoxy) is 1. The van der Waals surface area contributed by atoms with E-state index in [0.29, 0.717) is 12.1 Å². The maximum absolute atomic E-state index is 5.29. The van der Waals surface area contributed by atoms with E-state index in [4.69, 9.17) is 4.74 Å². The van der Waals surface area contributed by atoms with E-state index in [0.717, 1.165) is 37.4 Å². The quantitative estimate of drug-likeness (QED) is 0.809. The van der Waals surface area contributed by atoms with Gasteiger partial charge in [0, 0.05) is 25.3 Å². The van der Waals surface area contributed by atoms with Gasteiger partial charge in [-0.15, -0.1) is 0 Å². The van der Waals surface area contributed by atoms with Crippen LogP contribution in [0.3, 0.4) is 0 Å². The first-order valence-corrected chi connectivity index (χ1v) is 6.65. The van der Waals surface area contributed by atoms with E-state index in [1.807, 2.05) is 0 Å². The minimum absolute atomic E-state index is 0.405. The molecule has 5 heteroatoms. The normalized spacial score (nSPS) is 22.4. The highest BCUT2D eigenvalue weighted by atomic mass is 16.5. The molecule has 1 aromatic rings. The van der Waals surface area contributed by atoms with Crippen molar-refractivity contribution in [2.75, 3.05) is 24.3 Å². The third-order valence-corrected chi connectivity index (χ3v) is 3.41. The van der Waals surface area contributed by atoms with E-state index in [9.17, 15) is 0 Å². The van der Waals surface area contributed by atoms with Crippen LogP contribution in [0, 0.1) is 0 Å². The van der Waals surface area contributed by atoms with Crippen LogP contribution in [-0.4, -0.2) is 35.8 Å². The third kappa shape index (κ3) is 2.72. The second-order valence-electron chi connectivity index (χ2n) is 4.60. The number of nitrogens with one attached hydrogen (secondary N) is 2. The molecule has 1 aromatic heterocycles. The van der Waals surface area contributed by atoms with Crippen LogP contribution in [0.2, 0.25) is 0 Å². The smallest absolute Gasteiger partial charge is 0.134 e. The van der Waals surface area contributed by atoms with E-state index in [-0.39, 0.29) is 0 Å². The molecule has 0 unspecified atom stereocenters. The Morgan fingerprint density at radius 3 is 2.61 bits per heavy atom. The molecular weight excluding hydrogens is 228 g/mol. The fourth-order valence-electron chi connectivity index (χ4n) is 2.26. The molecule has 0 aromatic carbocycles. The standard InChI is InChI=1S/C13H22N4O/c1-4-11-12(14-5-2)15-8-16-13(11)17-9-6-10(7-9)18-3/h8-10H,4-7H2,1-3H3,(H2,14,15,16,17). The number of rotatable bonds is 6. The molecule has 0 saturated heterocycles. The van der Waals surface area contributed by atoms with Crippen molar-refractivity contribution >= 4 is 11.6 Å². The number of aromatic nitrogens is 2. The van der Waals surface area contributed by atoms with Crippen molar-refractivity contribution < 1.29 is 4.74 Å². The third-order valence-electron chi connectivity index (χ3n) is 3.41. The molecule has 18 heavy (non-hydrogen) atoms. The summed E-state index contributed by atoms with van der Waals surface area (Å²) in [5.74, 6) is 1.91. The van der Waals surface area contributed by atoms with Gasteiger partial charge in [-0.3, -0.25) is 0 Å². The van der Waals surface area contributed by atoms with Crippen LogP contribution >= 0.6 is 0 Å². The number of anilines is 2. The molecule has 0 atom stereocenters. The van der Waals surface area contributed by atoms with Gasteiger partial charge in [0.1, 0.15) is 18.0 Å². The van der Waals surface area contributed by atoms with Gasteiger partial charge in [0.25, 0.3) is 0 Å². The Hall–Kier alpha value is -1.36. The number of hydrogen-bond acceptors (Lipinski definition) is 5. The van der Waals surface area contributed by atoms with E-state index in [2.05, 4.69) is 34.4 Å². The van der Waals surface area contributed by atoms with Crippen LogP contribution in [-0.2, 0) is 11.2 Å². The highest BCUT2D eigenvalue weighted by molar-refractivity contribution is 5.57. The van der Waals surface area contributed by atoms with Crippen molar-refractivity contribution in [1.29, 1.82) is 0 Å². The summed E-state index contributed by atoms with van der Waals surface area (Å²) in [6, 6.07) is 0.477. The molecule has 1 fully saturated rings. The molecule has 100 valence electrons. The summed E-state index contributed by atoms with van der Waals surface area (Å²) in [6.07, 6.45) is 5.06. The second-order valence-corrected chi connectivity index (χ2v) is 4.60. The molecule has 0 spiro atoms. The van der Waals surface area contributed by atoms with Gasteiger partial charge in [0.05, 0.1) is 6.10 Å². The lowest BCUT2D eigenvalue weighted by molar-refractivity contribution is 0.0327. The minimum Gasteiger partial charge on any atom is -0.381 e. The molecule has 0 radical (unpaired) electrons. The number of hydrogen-bond donors (Lipinski definition) is 2. The zero-order valence-electron chi connectivity index (χ0n) is 11.4.